The Morgan fingerprint density at radius 3 is 2.88 bits per heavy atom. The summed E-state index contributed by atoms with van der Waals surface area (Å²) in [6, 6.07) is 0.206. The summed E-state index contributed by atoms with van der Waals surface area (Å²) in [5.41, 5.74) is 0. The number of carbonyl (C=O) groups excluding carboxylic acids is 1. The Labute approximate surface area is 97.1 Å². The molecule has 1 saturated heterocycles. The van der Waals surface area contributed by atoms with Crippen LogP contribution in [0, 0.1) is 5.92 Å². The van der Waals surface area contributed by atoms with Crippen molar-refractivity contribution in [2.24, 2.45) is 5.92 Å². The molecule has 0 aromatic rings. The van der Waals surface area contributed by atoms with Crippen LogP contribution in [0.5, 0.6) is 0 Å². The minimum atomic E-state index is 0.162. The van der Waals surface area contributed by atoms with Gasteiger partial charge in [-0.3, -0.25) is 4.79 Å². The molecular weight excluding hydrogens is 204 g/mol. The zero-order valence-corrected chi connectivity index (χ0v) is 9.84. The molecule has 4 heteroatoms. The maximum atomic E-state index is 11.7. The van der Waals surface area contributed by atoms with Gasteiger partial charge in [0.25, 0.3) is 0 Å². The molecule has 0 aromatic heterocycles. The molecule has 92 valence electrons. The molecule has 1 amide bonds. The molecule has 2 rings (SSSR count). The first-order chi connectivity index (χ1) is 7.84. The second kappa shape index (κ2) is 6.21. The molecule has 1 aliphatic heterocycles. The Kier molecular flexibility index (Phi) is 4.60. The van der Waals surface area contributed by atoms with Crippen molar-refractivity contribution in [3.63, 3.8) is 0 Å². The monoisotopic (exact) mass is 226 g/mol. The summed E-state index contributed by atoms with van der Waals surface area (Å²) in [6.45, 7) is 3.16. The van der Waals surface area contributed by atoms with Crippen LogP contribution in [-0.2, 0) is 9.53 Å². The summed E-state index contributed by atoms with van der Waals surface area (Å²) in [6.07, 6.45) is 5.78. The fourth-order valence-electron chi connectivity index (χ4n) is 2.52. The van der Waals surface area contributed by atoms with Gasteiger partial charge in [0.2, 0.25) is 5.91 Å². The molecule has 1 atom stereocenters. The third-order valence-electron chi connectivity index (χ3n) is 3.49. The third-order valence-corrected chi connectivity index (χ3v) is 3.49. The number of hydrogen-bond donors (Lipinski definition) is 2. The topological polar surface area (TPSA) is 50.4 Å². The lowest BCUT2D eigenvalue weighted by Crippen LogP contribution is -2.44. The number of rotatable bonds is 4. The number of hydrogen-bond acceptors (Lipinski definition) is 3. The zero-order chi connectivity index (χ0) is 11.2. The van der Waals surface area contributed by atoms with Crippen molar-refractivity contribution >= 4 is 5.91 Å². The zero-order valence-electron chi connectivity index (χ0n) is 9.84. The van der Waals surface area contributed by atoms with Crippen molar-refractivity contribution in [3.05, 3.63) is 0 Å². The van der Waals surface area contributed by atoms with E-state index in [2.05, 4.69) is 10.6 Å². The molecule has 0 aromatic carbocycles. The first-order valence-corrected chi connectivity index (χ1v) is 6.42. The van der Waals surface area contributed by atoms with Crippen molar-refractivity contribution in [1.82, 2.24) is 10.6 Å². The van der Waals surface area contributed by atoms with E-state index in [1.807, 2.05) is 0 Å². The second-order valence-corrected chi connectivity index (χ2v) is 4.88. The normalized spacial score (nSPS) is 26.9. The maximum absolute atomic E-state index is 11.7. The lowest BCUT2D eigenvalue weighted by atomic mass is 10.1. The van der Waals surface area contributed by atoms with Gasteiger partial charge in [-0.25, -0.2) is 0 Å². The Balaban J connectivity index is 1.59. The summed E-state index contributed by atoms with van der Waals surface area (Å²) < 4.78 is 5.32. The predicted octanol–water partition coefficient (Wildman–Crippen LogP) is 0.671. The van der Waals surface area contributed by atoms with Crippen molar-refractivity contribution in [1.29, 1.82) is 0 Å². The van der Waals surface area contributed by atoms with Gasteiger partial charge in [0, 0.05) is 25.6 Å². The smallest absolute Gasteiger partial charge is 0.221 e. The largest absolute Gasteiger partial charge is 0.378 e. The summed E-state index contributed by atoms with van der Waals surface area (Å²) in [5.74, 6) is 0.884. The molecule has 4 nitrogen and oxygen atoms in total. The standard InChI is InChI=1S/C12H22N2O2/c15-12(7-11-9-16-6-5-13-11)14-8-10-3-1-2-4-10/h10-11,13H,1-9H2,(H,14,15). The van der Waals surface area contributed by atoms with Crippen LogP contribution in [0.1, 0.15) is 32.1 Å². The van der Waals surface area contributed by atoms with Gasteiger partial charge in [0.1, 0.15) is 0 Å². The predicted molar refractivity (Wildman–Crippen MR) is 62.2 cm³/mol. The fourth-order valence-corrected chi connectivity index (χ4v) is 2.52. The highest BCUT2D eigenvalue weighted by Gasteiger charge is 2.19. The highest BCUT2D eigenvalue weighted by molar-refractivity contribution is 5.76. The van der Waals surface area contributed by atoms with Gasteiger partial charge in [0.05, 0.1) is 13.2 Å². The molecule has 1 aliphatic carbocycles. The summed E-state index contributed by atoms with van der Waals surface area (Å²) in [4.78, 5) is 11.7. The average Bonchev–Trinajstić information content (AvgIpc) is 2.81. The Morgan fingerprint density at radius 1 is 1.38 bits per heavy atom. The van der Waals surface area contributed by atoms with Crippen LogP contribution in [-0.4, -0.2) is 38.3 Å². The van der Waals surface area contributed by atoms with Gasteiger partial charge in [-0.2, -0.15) is 0 Å². The molecule has 2 aliphatic rings. The minimum Gasteiger partial charge on any atom is -0.378 e. The Morgan fingerprint density at radius 2 is 2.19 bits per heavy atom. The van der Waals surface area contributed by atoms with E-state index in [-0.39, 0.29) is 11.9 Å². The average molecular weight is 226 g/mol. The second-order valence-electron chi connectivity index (χ2n) is 4.88. The van der Waals surface area contributed by atoms with Gasteiger partial charge in [0.15, 0.2) is 0 Å². The van der Waals surface area contributed by atoms with E-state index in [0.717, 1.165) is 25.6 Å². The summed E-state index contributed by atoms with van der Waals surface area (Å²) in [5, 5.41) is 6.33. The van der Waals surface area contributed by atoms with E-state index >= 15 is 0 Å². The molecule has 1 heterocycles. The molecule has 2 fully saturated rings. The lowest BCUT2D eigenvalue weighted by molar-refractivity contribution is -0.122. The van der Waals surface area contributed by atoms with Crippen molar-refractivity contribution in [2.45, 2.75) is 38.1 Å². The Bertz CT molecular complexity index is 221. The van der Waals surface area contributed by atoms with Gasteiger partial charge < -0.3 is 15.4 Å². The van der Waals surface area contributed by atoms with Crippen LogP contribution in [0.2, 0.25) is 0 Å². The molecule has 1 saturated carbocycles. The first kappa shape index (κ1) is 11.9. The van der Waals surface area contributed by atoms with E-state index in [0.29, 0.717) is 13.0 Å². The lowest BCUT2D eigenvalue weighted by Gasteiger charge is -2.23. The Hall–Kier alpha value is -0.610. The number of nitrogens with one attached hydrogen (secondary N) is 2. The number of ether oxygens (including phenoxy) is 1. The van der Waals surface area contributed by atoms with Gasteiger partial charge >= 0.3 is 0 Å². The van der Waals surface area contributed by atoms with Crippen LogP contribution in [0.25, 0.3) is 0 Å². The highest BCUT2D eigenvalue weighted by Crippen LogP contribution is 2.23. The van der Waals surface area contributed by atoms with Gasteiger partial charge in [-0.15, -0.1) is 0 Å². The quantitative estimate of drug-likeness (QED) is 0.741. The molecule has 0 spiro atoms. The molecule has 2 N–H and O–H groups in total. The number of morpholine rings is 1. The number of carbonyl (C=O) groups is 1. The van der Waals surface area contributed by atoms with Crippen LogP contribution in [0.15, 0.2) is 0 Å². The van der Waals surface area contributed by atoms with Crippen molar-refractivity contribution in [2.75, 3.05) is 26.3 Å². The summed E-state index contributed by atoms with van der Waals surface area (Å²) in [7, 11) is 0. The maximum Gasteiger partial charge on any atom is 0.221 e. The van der Waals surface area contributed by atoms with Gasteiger partial charge in [-0.1, -0.05) is 12.8 Å². The first-order valence-electron chi connectivity index (χ1n) is 6.42. The molecule has 0 radical (unpaired) electrons. The van der Waals surface area contributed by atoms with E-state index in [9.17, 15) is 4.79 Å². The van der Waals surface area contributed by atoms with E-state index < -0.39 is 0 Å². The van der Waals surface area contributed by atoms with Crippen LogP contribution < -0.4 is 10.6 Å². The van der Waals surface area contributed by atoms with E-state index in [1.54, 1.807) is 0 Å². The van der Waals surface area contributed by atoms with Crippen molar-refractivity contribution < 1.29 is 9.53 Å². The highest BCUT2D eigenvalue weighted by atomic mass is 16.5. The van der Waals surface area contributed by atoms with E-state index in [1.165, 1.54) is 25.7 Å². The molecule has 16 heavy (non-hydrogen) atoms. The minimum absolute atomic E-state index is 0.162. The molecule has 0 bridgehead atoms. The van der Waals surface area contributed by atoms with Gasteiger partial charge in [-0.05, 0) is 18.8 Å². The SMILES string of the molecule is O=C(CC1COCCN1)NCC1CCCC1. The van der Waals surface area contributed by atoms with Crippen molar-refractivity contribution in [3.8, 4) is 0 Å². The fraction of sp³-hybridized carbons (Fsp3) is 0.917. The summed E-state index contributed by atoms with van der Waals surface area (Å²) >= 11 is 0. The number of amides is 1. The van der Waals surface area contributed by atoms with E-state index in [4.69, 9.17) is 4.74 Å². The third kappa shape index (κ3) is 3.76. The molecule has 1 unspecified atom stereocenters. The molecular formula is C12H22N2O2. The van der Waals surface area contributed by atoms with Crippen LogP contribution in [0.3, 0.4) is 0 Å². The van der Waals surface area contributed by atoms with Crippen LogP contribution >= 0.6 is 0 Å². The van der Waals surface area contributed by atoms with Crippen LogP contribution in [0.4, 0.5) is 0 Å².